The van der Waals surface area contributed by atoms with E-state index in [1.807, 2.05) is 89.6 Å². The number of nitrogens with zero attached hydrogens (tertiary/aromatic N) is 2. The summed E-state index contributed by atoms with van der Waals surface area (Å²) in [6.45, 7) is 0. The molecule has 0 N–H and O–H groups in total. The van der Waals surface area contributed by atoms with Crippen LogP contribution in [0.25, 0.3) is 28.1 Å². The molecule has 31 heavy (non-hydrogen) atoms. The highest BCUT2D eigenvalue weighted by Crippen LogP contribution is 2.33. The van der Waals surface area contributed by atoms with Gasteiger partial charge in [-0.1, -0.05) is 88.7 Å². The van der Waals surface area contributed by atoms with Crippen LogP contribution in [0.1, 0.15) is 0 Å². The average Bonchev–Trinajstić information content (AvgIpc) is 3.26. The van der Waals surface area contributed by atoms with Gasteiger partial charge < -0.3 is 4.74 Å². The SMILES string of the molecule is Brc1cccc(Oc2cccc(-n3cc(-c4ccccc4)c(-c4ccccc4)n3)c2)c1. The minimum Gasteiger partial charge on any atom is -0.457 e. The quantitative estimate of drug-likeness (QED) is 0.264. The van der Waals surface area contributed by atoms with E-state index in [2.05, 4.69) is 46.4 Å². The van der Waals surface area contributed by atoms with Crippen LogP contribution in [-0.2, 0) is 0 Å². The van der Waals surface area contributed by atoms with E-state index in [1.165, 1.54) is 0 Å². The van der Waals surface area contributed by atoms with Gasteiger partial charge in [0.25, 0.3) is 0 Å². The van der Waals surface area contributed by atoms with Crippen LogP contribution < -0.4 is 4.74 Å². The Morgan fingerprint density at radius 1 is 0.645 bits per heavy atom. The van der Waals surface area contributed by atoms with E-state index in [9.17, 15) is 0 Å². The van der Waals surface area contributed by atoms with Gasteiger partial charge in [0.2, 0.25) is 0 Å². The zero-order valence-electron chi connectivity index (χ0n) is 16.7. The van der Waals surface area contributed by atoms with Crippen LogP contribution >= 0.6 is 15.9 Å². The first-order valence-corrected chi connectivity index (χ1v) is 10.8. The van der Waals surface area contributed by atoms with E-state index in [1.54, 1.807) is 0 Å². The van der Waals surface area contributed by atoms with Gasteiger partial charge in [0, 0.05) is 27.9 Å². The van der Waals surface area contributed by atoms with Gasteiger partial charge in [-0.3, -0.25) is 0 Å². The lowest BCUT2D eigenvalue weighted by Crippen LogP contribution is -1.95. The Labute approximate surface area is 189 Å². The van der Waals surface area contributed by atoms with Crippen molar-refractivity contribution in [3.05, 3.63) is 120 Å². The highest BCUT2D eigenvalue weighted by molar-refractivity contribution is 9.10. The Bertz CT molecular complexity index is 1260. The van der Waals surface area contributed by atoms with Gasteiger partial charge >= 0.3 is 0 Å². The van der Waals surface area contributed by atoms with Gasteiger partial charge in [-0.15, -0.1) is 0 Å². The fourth-order valence-corrected chi connectivity index (χ4v) is 3.88. The molecule has 0 saturated carbocycles. The van der Waals surface area contributed by atoms with Gasteiger partial charge in [-0.2, -0.15) is 5.10 Å². The highest BCUT2D eigenvalue weighted by Gasteiger charge is 2.14. The minimum atomic E-state index is 0.758. The number of hydrogen-bond donors (Lipinski definition) is 0. The second-order valence-corrected chi connectivity index (χ2v) is 8.04. The van der Waals surface area contributed by atoms with E-state index < -0.39 is 0 Å². The Hall–Kier alpha value is -3.63. The molecule has 0 fully saturated rings. The van der Waals surface area contributed by atoms with Crippen molar-refractivity contribution in [3.63, 3.8) is 0 Å². The molecular formula is C27H19BrN2O. The summed E-state index contributed by atoms with van der Waals surface area (Å²) < 4.78 is 8.95. The van der Waals surface area contributed by atoms with Crippen LogP contribution in [0, 0.1) is 0 Å². The second kappa shape index (κ2) is 8.62. The standard InChI is InChI=1S/C27H19BrN2O/c28-22-13-7-15-24(17-22)31-25-16-8-14-23(18-25)30-19-26(20-9-3-1-4-10-20)27(29-30)21-11-5-2-6-12-21/h1-19H. The molecule has 0 bridgehead atoms. The molecule has 0 radical (unpaired) electrons. The molecule has 0 aliphatic rings. The predicted molar refractivity (Wildman–Crippen MR) is 129 cm³/mol. The van der Waals surface area contributed by atoms with E-state index in [0.717, 1.165) is 44.0 Å². The molecular weight excluding hydrogens is 448 g/mol. The second-order valence-electron chi connectivity index (χ2n) is 7.12. The zero-order chi connectivity index (χ0) is 21.0. The van der Waals surface area contributed by atoms with E-state index in [4.69, 9.17) is 9.84 Å². The number of benzene rings is 4. The number of aromatic nitrogens is 2. The van der Waals surface area contributed by atoms with E-state index in [0.29, 0.717) is 0 Å². The van der Waals surface area contributed by atoms with Gasteiger partial charge in [-0.05, 0) is 35.9 Å². The molecule has 1 heterocycles. The van der Waals surface area contributed by atoms with Crippen molar-refractivity contribution >= 4 is 15.9 Å². The molecule has 5 rings (SSSR count). The van der Waals surface area contributed by atoms with Gasteiger partial charge in [-0.25, -0.2) is 4.68 Å². The van der Waals surface area contributed by atoms with Crippen molar-refractivity contribution in [3.8, 4) is 39.6 Å². The number of rotatable bonds is 5. The molecule has 0 amide bonds. The van der Waals surface area contributed by atoms with Crippen LogP contribution in [0.5, 0.6) is 11.5 Å². The Balaban J connectivity index is 1.56. The van der Waals surface area contributed by atoms with Crippen molar-refractivity contribution in [1.29, 1.82) is 0 Å². The molecule has 0 atom stereocenters. The van der Waals surface area contributed by atoms with Crippen molar-refractivity contribution in [1.82, 2.24) is 9.78 Å². The zero-order valence-corrected chi connectivity index (χ0v) is 18.2. The topological polar surface area (TPSA) is 27.1 Å². The summed E-state index contributed by atoms with van der Waals surface area (Å²) in [5.41, 5.74) is 5.19. The summed E-state index contributed by atoms with van der Waals surface area (Å²) in [7, 11) is 0. The molecule has 0 spiro atoms. The van der Waals surface area contributed by atoms with Gasteiger partial charge in [0.05, 0.1) is 5.69 Å². The maximum atomic E-state index is 6.06. The molecule has 0 aliphatic heterocycles. The third-order valence-electron chi connectivity index (χ3n) is 4.96. The smallest absolute Gasteiger partial charge is 0.129 e. The maximum absolute atomic E-state index is 6.06. The lowest BCUT2D eigenvalue weighted by atomic mass is 10.0. The molecule has 5 aromatic rings. The molecule has 4 aromatic carbocycles. The Morgan fingerprint density at radius 2 is 1.29 bits per heavy atom. The van der Waals surface area contributed by atoms with E-state index >= 15 is 0 Å². The third-order valence-corrected chi connectivity index (χ3v) is 5.45. The minimum absolute atomic E-state index is 0.758. The normalized spacial score (nSPS) is 10.7. The molecule has 1 aromatic heterocycles. The van der Waals surface area contributed by atoms with Crippen LogP contribution in [0.15, 0.2) is 120 Å². The Morgan fingerprint density at radius 3 is 2.00 bits per heavy atom. The maximum Gasteiger partial charge on any atom is 0.129 e. The predicted octanol–water partition coefficient (Wildman–Crippen LogP) is 7.76. The number of hydrogen-bond acceptors (Lipinski definition) is 2. The monoisotopic (exact) mass is 466 g/mol. The first-order chi connectivity index (χ1) is 15.3. The summed E-state index contributed by atoms with van der Waals surface area (Å²) in [5, 5.41) is 4.94. The fourth-order valence-electron chi connectivity index (χ4n) is 3.50. The first kappa shape index (κ1) is 19.3. The van der Waals surface area contributed by atoms with Crippen molar-refractivity contribution in [2.45, 2.75) is 0 Å². The van der Waals surface area contributed by atoms with Crippen molar-refractivity contribution in [2.24, 2.45) is 0 Å². The lowest BCUT2D eigenvalue weighted by Gasteiger charge is -2.08. The Kier molecular flexibility index (Phi) is 5.38. The molecule has 150 valence electrons. The largest absolute Gasteiger partial charge is 0.457 e. The van der Waals surface area contributed by atoms with E-state index in [-0.39, 0.29) is 0 Å². The molecule has 4 heteroatoms. The summed E-state index contributed by atoms with van der Waals surface area (Å²) in [5.74, 6) is 1.54. The number of ether oxygens (including phenoxy) is 1. The average molecular weight is 467 g/mol. The summed E-state index contributed by atoms with van der Waals surface area (Å²) in [6.07, 6.45) is 2.08. The fraction of sp³-hybridized carbons (Fsp3) is 0. The first-order valence-electron chi connectivity index (χ1n) is 10.0. The van der Waals surface area contributed by atoms with Crippen LogP contribution in [-0.4, -0.2) is 9.78 Å². The van der Waals surface area contributed by atoms with Crippen LogP contribution in [0.4, 0.5) is 0 Å². The summed E-state index contributed by atoms with van der Waals surface area (Å²) in [6, 6.07) is 36.4. The number of halogens is 1. The van der Waals surface area contributed by atoms with Crippen LogP contribution in [0.3, 0.4) is 0 Å². The third kappa shape index (κ3) is 4.30. The van der Waals surface area contributed by atoms with Gasteiger partial charge in [0.15, 0.2) is 0 Å². The van der Waals surface area contributed by atoms with Gasteiger partial charge in [0.1, 0.15) is 17.2 Å². The van der Waals surface area contributed by atoms with Crippen molar-refractivity contribution in [2.75, 3.05) is 0 Å². The molecule has 3 nitrogen and oxygen atoms in total. The molecule has 0 aliphatic carbocycles. The van der Waals surface area contributed by atoms with Crippen LogP contribution in [0.2, 0.25) is 0 Å². The molecule has 0 saturated heterocycles. The lowest BCUT2D eigenvalue weighted by molar-refractivity contribution is 0.482. The highest BCUT2D eigenvalue weighted by atomic mass is 79.9. The molecule has 0 unspecified atom stereocenters. The van der Waals surface area contributed by atoms with Crippen molar-refractivity contribution < 1.29 is 4.74 Å². The summed E-state index contributed by atoms with van der Waals surface area (Å²) in [4.78, 5) is 0. The summed E-state index contributed by atoms with van der Waals surface area (Å²) >= 11 is 3.49.